The van der Waals surface area contributed by atoms with E-state index in [1.807, 2.05) is 66.7 Å². The number of morpholine rings is 1. The average Bonchev–Trinajstić information content (AvgIpc) is 3.19. The molecule has 2 aliphatic rings. The molecule has 0 atom stereocenters. The van der Waals surface area contributed by atoms with E-state index in [0.717, 1.165) is 11.1 Å². The molecule has 0 aliphatic carbocycles. The minimum absolute atomic E-state index is 0.0477. The molecule has 152 valence electrons. The van der Waals surface area contributed by atoms with Gasteiger partial charge in [-0.05, 0) is 28.1 Å². The Morgan fingerprint density at radius 1 is 0.833 bits per heavy atom. The molecule has 0 bridgehead atoms. The van der Waals surface area contributed by atoms with Crippen molar-refractivity contribution in [1.29, 1.82) is 0 Å². The van der Waals surface area contributed by atoms with Crippen LogP contribution in [0.1, 0.15) is 21.5 Å². The third-order valence-corrected chi connectivity index (χ3v) is 6.03. The fourth-order valence-corrected chi connectivity index (χ4v) is 4.34. The summed E-state index contributed by atoms with van der Waals surface area (Å²) in [6.07, 6.45) is 0. The topological polar surface area (TPSA) is 48.0 Å². The predicted molar refractivity (Wildman–Crippen MR) is 116 cm³/mol. The van der Waals surface area contributed by atoms with Gasteiger partial charge in [-0.2, -0.15) is 0 Å². The molecular weight excluding hydrogens is 446 g/mol. The van der Waals surface area contributed by atoms with Crippen molar-refractivity contribution in [1.82, 2.24) is 4.90 Å². The highest BCUT2D eigenvalue weighted by molar-refractivity contribution is 9.10. The van der Waals surface area contributed by atoms with E-state index in [1.54, 1.807) is 11.0 Å². The lowest BCUT2D eigenvalue weighted by molar-refractivity contribution is -0.0459. The molecule has 0 spiro atoms. The molecule has 0 radical (unpaired) electrons. The highest BCUT2D eigenvalue weighted by Gasteiger charge is 2.46. The number of hydrogen-bond donors (Lipinski definition) is 0. The Labute approximate surface area is 183 Å². The van der Waals surface area contributed by atoms with Gasteiger partial charge in [-0.1, -0.05) is 60.7 Å². The number of halogens is 1. The van der Waals surface area contributed by atoms with Crippen LogP contribution in [0.15, 0.2) is 77.3 Å². The number of carbonyl (C=O) groups is 1. The number of hydrogen-bond acceptors (Lipinski definition) is 4. The lowest BCUT2D eigenvalue weighted by atomic mass is 9.97. The summed E-state index contributed by atoms with van der Waals surface area (Å²) < 4.78 is 18.9. The van der Waals surface area contributed by atoms with Gasteiger partial charge in [0.05, 0.1) is 18.8 Å². The summed E-state index contributed by atoms with van der Waals surface area (Å²) in [6.45, 7) is 2.27. The van der Waals surface area contributed by atoms with Crippen LogP contribution in [0.25, 0.3) is 0 Å². The largest absolute Gasteiger partial charge is 0.440 e. The van der Waals surface area contributed by atoms with E-state index in [4.69, 9.17) is 14.2 Å². The molecule has 5 nitrogen and oxygen atoms in total. The maximum Gasteiger partial charge on any atom is 0.305 e. The van der Waals surface area contributed by atoms with Crippen molar-refractivity contribution in [3.05, 3.63) is 94.0 Å². The Kier molecular flexibility index (Phi) is 4.97. The highest BCUT2D eigenvalue weighted by Crippen LogP contribution is 2.49. The lowest BCUT2D eigenvalue weighted by Crippen LogP contribution is -2.40. The summed E-state index contributed by atoms with van der Waals surface area (Å²) in [7, 11) is 0. The highest BCUT2D eigenvalue weighted by atomic mass is 79.9. The van der Waals surface area contributed by atoms with E-state index in [1.165, 1.54) is 0 Å². The van der Waals surface area contributed by atoms with Gasteiger partial charge in [0.15, 0.2) is 11.5 Å². The molecule has 0 N–H and O–H groups in total. The molecule has 0 aromatic heterocycles. The lowest BCUT2D eigenvalue weighted by Gasteiger charge is -2.28. The van der Waals surface area contributed by atoms with Gasteiger partial charge in [0, 0.05) is 28.7 Å². The third-order valence-electron chi connectivity index (χ3n) is 5.38. The first-order valence-electron chi connectivity index (χ1n) is 9.87. The first-order valence-corrected chi connectivity index (χ1v) is 10.7. The fourth-order valence-electron chi connectivity index (χ4n) is 3.84. The summed E-state index contributed by atoms with van der Waals surface area (Å²) >= 11 is 3.55. The minimum Gasteiger partial charge on any atom is -0.440 e. The second-order valence-electron chi connectivity index (χ2n) is 7.24. The van der Waals surface area contributed by atoms with Gasteiger partial charge in [-0.3, -0.25) is 4.79 Å². The Morgan fingerprint density at radius 2 is 1.37 bits per heavy atom. The molecular formula is C24H20BrNO4. The van der Waals surface area contributed by atoms with Crippen molar-refractivity contribution in [3.8, 4) is 11.5 Å². The molecule has 1 fully saturated rings. The number of carbonyl (C=O) groups excluding carboxylic acids is 1. The molecule has 2 heterocycles. The van der Waals surface area contributed by atoms with Crippen LogP contribution in [0.4, 0.5) is 0 Å². The summed E-state index contributed by atoms with van der Waals surface area (Å²) in [5.41, 5.74) is 2.31. The van der Waals surface area contributed by atoms with E-state index in [0.29, 0.717) is 47.8 Å². The molecule has 0 unspecified atom stereocenters. The Morgan fingerprint density at radius 3 is 1.93 bits per heavy atom. The zero-order valence-corrected chi connectivity index (χ0v) is 17.8. The maximum absolute atomic E-state index is 13.1. The monoisotopic (exact) mass is 465 g/mol. The second-order valence-corrected chi connectivity index (χ2v) is 8.09. The van der Waals surface area contributed by atoms with Crippen LogP contribution in [0.2, 0.25) is 0 Å². The van der Waals surface area contributed by atoms with Gasteiger partial charge in [0.2, 0.25) is 0 Å². The molecule has 3 aromatic rings. The number of benzene rings is 3. The van der Waals surface area contributed by atoms with Crippen LogP contribution in [0.5, 0.6) is 11.5 Å². The van der Waals surface area contributed by atoms with E-state index in [-0.39, 0.29) is 5.91 Å². The zero-order chi connectivity index (χ0) is 20.6. The summed E-state index contributed by atoms with van der Waals surface area (Å²) in [6, 6.07) is 23.3. The number of fused-ring (bicyclic) bond motifs is 1. The molecule has 3 aromatic carbocycles. The summed E-state index contributed by atoms with van der Waals surface area (Å²) in [5, 5.41) is 0. The zero-order valence-electron chi connectivity index (χ0n) is 16.2. The molecule has 1 saturated heterocycles. The smallest absolute Gasteiger partial charge is 0.305 e. The van der Waals surface area contributed by atoms with Crippen molar-refractivity contribution < 1.29 is 19.0 Å². The van der Waals surface area contributed by atoms with Crippen LogP contribution >= 0.6 is 15.9 Å². The van der Waals surface area contributed by atoms with Crippen molar-refractivity contribution in [2.45, 2.75) is 5.79 Å². The minimum atomic E-state index is -1.11. The van der Waals surface area contributed by atoms with Crippen LogP contribution in [-0.2, 0) is 10.5 Å². The van der Waals surface area contributed by atoms with Crippen LogP contribution in [0, 0.1) is 0 Å². The molecule has 2 aliphatic heterocycles. The average molecular weight is 466 g/mol. The molecule has 6 heteroatoms. The van der Waals surface area contributed by atoms with Gasteiger partial charge in [0.25, 0.3) is 5.91 Å². The van der Waals surface area contributed by atoms with Gasteiger partial charge in [-0.15, -0.1) is 0 Å². The van der Waals surface area contributed by atoms with Crippen LogP contribution < -0.4 is 9.47 Å². The molecule has 1 amide bonds. The van der Waals surface area contributed by atoms with E-state index >= 15 is 0 Å². The fraction of sp³-hybridized carbons (Fsp3) is 0.208. The van der Waals surface area contributed by atoms with Crippen molar-refractivity contribution >= 4 is 21.8 Å². The second kappa shape index (κ2) is 7.78. The normalized spacial score (nSPS) is 17.0. The van der Waals surface area contributed by atoms with Crippen LogP contribution in [-0.4, -0.2) is 37.1 Å². The van der Waals surface area contributed by atoms with Gasteiger partial charge >= 0.3 is 5.79 Å². The summed E-state index contributed by atoms with van der Waals surface area (Å²) in [5.74, 6) is -0.0191. The van der Waals surface area contributed by atoms with Gasteiger partial charge in [0.1, 0.15) is 0 Å². The Balaban J connectivity index is 1.56. The Hall–Kier alpha value is -2.83. The van der Waals surface area contributed by atoms with Crippen molar-refractivity contribution in [2.24, 2.45) is 0 Å². The number of rotatable bonds is 3. The van der Waals surface area contributed by atoms with E-state index in [9.17, 15) is 4.79 Å². The molecule has 5 rings (SSSR count). The molecule has 30 heavy (non-hydrogen) atoms. The van der Waals surface area contributed by atoms with E-state index in [2.05, 4.69) is 15.9 Å². The third kappa shape index (κ3) is 3.26. The van der Waals surface area contributed by atoms with E-state index < -0.39 is 5.79 Å². The quantitative estimate of drug-likeness (QED) is 0.567. The summed E-state index contributed by atoms with van der Waals surface area (Å²) in [4.78, 5) is 14.9. The van der Waals surface area contributed by atoms with Gasteiger partial charge in [-0.25, -0.2) is 0 Å². The first-order chi connectivity index (χ1) is 14.7. The number of nitrogens with zero attached hydrogens (tertiary/aromatic N) is 1. The van der Waals surface area contributed by atoms with Crippen molar-refractivity contribution in [3.63, 3.8) is 0 Å². The van der Waals surface area contributed by atoms with Crippen LogP contribution in [0.3, 0.4) is 0 Å². The number of amides is 1. The standard InChI is InChI=1S/C24H20BrNO4/c25-20-16-22-21(15-19(20)23(27)26-11-13-28-14-12-26)29-24(30-22,17-7-3-1-4-8-17)18-9-5-2-6-10-18/h1-10,15-16H,11-14H2. The first kappa shape index (κ1) is 19.2. The SMILES string of the molecule is O=C(c1cc2c(cc1Br)OC(c1ccccc1)(c1ccccc1)O2)N1CCOCC1. The van der Waals surface area contributed by atoms with Gasteiger partial charge < -0.3 is 19.1 Å². The Bertz CT molecular complexity index is 1030. The predicted octanol–water partition coefficient (Wildman–Crippen LogP) is 4.59. The number of ether oxygens (including phenoxy) is 3. The maximum atomic E-state index is 13.1. The molecule has 0 saturated carbocycles. The van der Waals surface area contributed by atoms with Crippen molar-refractivity contribution in [2.75, 3.05) is 26.3 Å².